The number of thioether (sulfide) groups is 1. The van der Waals surface area contributed by atoms with Crippen molar-refractivity contribution in [2.45, 2.75) is 13.5 Å². The number of benzene rings is 3. The highest BCUT2D eigenvalue weighted by Gasteiger charge is 2.32. The maximum atomic E-state index is 13.1. The minimum absolute atomic E-state index is 0.152. The number of rotatable bonds is 7. The first-order valence-corrected chi connectivity index (χ1v) is 12.6. The third-order valence-corrected chi connectivity index (χ3v) is 6.89. The summed E-state index contributed by atoms with van der Waals surface area (Å²) in [6.07, 6.45) is 1.79. The zero-order valence-corrected chi connectivity index (χ0v) is 21.9. The molecule has 36 heavy (non-hydrogen) atoms. The van der Waals surface area contributed by atoms with Gasteiger partial charge in [0.15, 0.2) is 5.17 Å². The summed E-state index contributed by atoms with van der Waals surface area (Å²) < 4.78 is 10.8. The van der Waals surface area contributed by atoms with E-state index >= 15 is 0 Å². The minimum atomic E-state index is -0.448. The number of ether oxygens (including phenoxy) is 2. The van der Waals surface area contributed by atoms with Crippen molar-refractivity contribution in [3.63, 3.8) is 0 Å². The van der Waals surface area contributed by atoms with Crippen molar-refractivity contribution in [2.75, 3.05) is 13.7 Å². The van der Waals surface area contributed by atoms with E-state index < -0.39 is 5.97 Å². The van der Waals surface area contributed by atoms with Crippen LogP contribution in [0.2, 0.25) is 10.0 Å². The Balaban J connectivity index is 1.59. The van der Waals surface area contributed by atoms with Crippen molar-refractivity contribution >= 4 is 63.8 Å². The maximum Gasteiger partial charge on any atom is 0.337 e. The Morgan fingerprint density at radius 2 is 1.89 bits per heavy atom. The van der Waals surface area contributed by atoms with Crippen LogP contribution in [-0.4, -0.2) is 35.6 Å². The zero-order valence-electron chi connectivity index (χ0n) is 19.5. The predicted octanol–water partition coefficient (Wildman–Crippen LogP) is 6.98. The van der Waals surface area contributed by atoms with Gasteiger partial charge in [-0.2, -0.15) is 0 Å². The molecule has 184 valence electrons. The lowest BCUT2D eigenvalue weighted by Gasteiger charge is -2.12. The number of carbonyl (C=O) groups is 2. The molecule has 1 fully saturated rings. The topological polar surface area (TPSA) is 68.2 Å². The molecule has 0 aliphatic carbocycles. The number of halogens is 2. The van der Waals surface area contributed by atoms with Crippen molar-refractivity contribution in [3.05, 3.63) is 98.4 Å². The highest BCUT2D eigenvalue weighted by Crippen LogP contribution is 2.36. The number of hydrogen-bond acceptors (Lipinski definition) is 6. The molecule has 0 atom stereocenters. The average Bonchev–Trinajstić information content (AvgIpc) is 3.17. The number of amidine groups is 1. The van der Waals surface area contributed by atoms with Gasteiger partial charge in [-0.05, 0) is 61.2 Å². The molecule has 0 spiro atoms. The van der Waals surface area contributed by atoms with Crippen LogP contribution in [0.15, 0.2) is 76.6 Å². The highest BCUT2D eigenvalue weighted by atomic mass is 35.5. The van der Waals surface area contributed by atoms with Crippen molar-refractivity contribution in [2.24, 2.45) is 4.99 Å². The molecule has 1 aliphatic heterocycles. The van der Waals surface area contributed by atoms with E-state index in [1.165, 1.54) is 18.9 Å². The van der Waals surface area contributed by atoms with Crippen molar-refractivity contribution in [1.29, 1.82) is 0 Å². The summed E-state index contributed by atoms with van der Waals surface area (Å²) in [5.74, 6) is 0.0150. The van der Waals surface area contributed by atoms with Gasteiger partial charge in [0.1, 0.15) is 12.4 Å². The Morgan fingerprint density at radius 3 is 2.64 bits per heavy atom. The van der Waals surface area contributed by atoms with Crippen LogP contribution >= 0.6 is 35.0 Å². The molecule has 3 aromatic rings. The van der Waals surface area contributed by atoms with E-state index in [0.717, 1.165) is 11.1 Å². The fourth-order valence-electron chi connectivity index (χ4n) is 3.47. The summed E-state index contributed by atoms with van der Waals surface area (Å²) in [5, 5.41) is 1.61. The van der Waals surface area contributed by atoms with Gasteiger partial charge in [0, 0.05) is 27.7 Å². The van der Waals surface area contributed by atoms with Crippen LogP contribution in [0.25, 0.3) is 6.08 Å². The maximum absolute atomic E-state index is 13.1. The number of carbonyl (C=O) groups excluding carboxylic acids is 2. The van der Waals surface area contributed by atoms with Crippen LogP contribution in [0.5, 0.6) is 5.75 Å². The van der Waals surface area contributed by atoms with Gasteiger partial charge in [-0.1, -0.05) is 53.5 Å². The lowest BCUT2D eigenvalue weighted by Crippen LogP contribution is -2.28. The zero-order chi connectivity index (χ0) is 25.7. The molecule has 0 saturated carbocycles. The molecule has 1 saturated heterocycles. The van der Waals surface area contributed by atoms with E-state index in [9.17, 15) is 9.59 Å². The number of para-hydroxylation sites is 1. The van der Waals surface area contributed by atoms with Crippen molar-refractivity contribution in [1.82, 2.24) is 4.90 Å². The van der Waals surface area contributed by atoms with E-state index in [1.54, 1.807) is 47.4 Å². The van der Waals surface area contributed by atoms with Gasteiger partial charge in [-0.25, -0.2) is 9.79 Å². The first-order valence-electron chi connectivity index (χ1n) is 11.0. The number of esters is 1. The number of likely N-dealkylation sites (N-methyl/N-ethyl adjacent to an activating group) is 1. The second kappa shape index (κ2) is 11.6. The second-order valence-electron chi connectivity index (χ2n) is 7.66. The van der Waals surface area contributed by atoms with Crippen LogP contribution in [0.4, 0.5) is 5.69 Å². The number of amides is 1. The lowest BCUT2D eigenvalue weighted by molar-refractivity contribution is -0.122. The summed E-state index contributed by atoms with van der Waals surface area (Å²) in [6.45, 7) is 2.59. The van der Waals surface area contributed by atoms with E-state index in [1.807, 2.05) is 37.3 Å². The van der Waals surface area contributed by atoms with Crippen LogP contribution in [0.1, 0.15) is 28.4 Å². The fourth-order valence-corrected chi connectivity index (χ4v) is 4.98. The third-order valence-electron chi connectivity index (χ3n) is 5.30. The van der Waals surface area contributed by atoms with E-state index in [4.69, 9.17) is 32.7 Å². The molecular formula is C27H22Cl2N2O4S. The summed E-state index contributed by atoms with van der Waals surface area (Å²) in [5.41, 5.74) is 2.50. The molecule has 4 rings (SSSR count). The molecule has 6 nitrogen and oxygen atoms in total. The van der Waals surface area contributed by atoms with Gasteiger partial charge >= 0.3 is 5.97 Å². The molecule has 0 aromatic heterocycles. The van der Waals surface area contributed by atoms with Gasteiger partial charge in [-0.15, -0.1) is 0 Å². The molecule has 0 bridgehead atoms. The molecule has 0 unspecified atom stereocenters. The van der Waals surface area contributed by atoms with Crippen LogP contribution in [0.3, 0.4) is 0 Å². The highest BCUT2D eigenvalue weighted by molar-refractivity contribution is 8.18. The van der Waals surface area contributed by atoms with E-state index in [2.05, 4.69) is 4.99 Å². The fraction of sp³-hybridized carbons (Fsp3) is 0.148. The van der Waals surface area contributed by atoms with Gasteiger partial charge < -0.3 is 9.47 Å². The van der Waals surface area contributed by atoms with Crippen LogP contribution in [-0.2, 0) is 16.1 Å². The number of methoxy groups -OCH3 is 1. The molecule has 3 aromatic carbocycles. The smallest absolute Gasteiger partial charge is 0.337 e. The van der Waals surface area contributed by atoms with Gasteiger partial charge in [0.05, 0.1) is 23.3 Å². The molecule has 0 radical (unpaired) electrons. The Kier molecular flexibility index (Phi) is 8.36. The quantitative estimate of drug-likeness (QED) is 0.238. The lowest BCUT2D eigenvalue weighted by atomic mass is 10.1. The number of nitrogens with zero attached hydrogens (tertiary/aromatic N) is 2. The summed E-state index contributed by atoms with van der Waals surface area (Å²) >= 11 is 13.5. The largest absolute Gasteiger partial charge is 0.488 e. The first kappa shape index (κ1) is 25.8. The summed E-state index contributed by atoms with van der Waals surface area (Å²) in [6, 6.07) is 19.5. The molecule has 9 heteroatoms. The first-order chi connectivity index (χ1) is 17.4. The van der Waals surface area contributed by atoms with E-state index in [0.29, 0.717) is 43.7 Å². The second-order valence-corrected chi connectivity index (χ2v) is 9.51. The van der Waals surface area contributed by atoms with Gasteiger partial charge in [0.25, 0.3) is 5.91 Å². The predicted molar refractivity (Wildman–Crippen MR) is 145 cm³/mol. The Labute approximate surface area is 223 Å². The van der Waals surface area contributed by atoms with Crippen LogP contribution < -0.4 is 4.74 Å². The monoisotopic (exact) mass is 540 g/mol. The molecule has 1 heterocycles. The van der Waals surface area contributed by atoms with E-state index in [-0.39, 0.29) is 12.5 Å². The third kappa shape index (κ3) is 5.93. The van der Waals surface area contributed by atoms with Gasteiger partial charge in [-0.3, -0.25) is 9.69 Å². The van der Waals surface area contributed by atoms with Crippen LogP contribution in [0, 0.1) is 0 Å². The Hall–Kier alpha value is -3.26. The molecule has 0 N–H and O–H groups in total. The van der Waals surface area contributed by atoms with Gasteiger partial charge in [0.2, 0.25) is 0 Å². The average molecular weight is 541 g/mol. The standard InChI is InChI=1S/C27H22Cl2N2O4S/c1-3-31-25(32)24(36-27(31)30-21-9-6-8-18(13-21)26(33)34-2)14-17-7-4-5-10-23(17)35-16-19-11-12-20(28)15-22(19)29/h4-15H,3,16H2,1-2H3. The SMILES string of the molecule is CCN1C(=O)C(=Cc2ccccc2OCc2ccc(Cl)cc2Cl)SC1=Nc1cccc(C(=O)OC)c1. The molecule has 1 amide bonds. The Morgan fingerprint density at radius 1 is 1.08 bits per heavy atom. The summed E-state index contributed by atoms with van der Waals surface area (Å²) in [7, 11) is 1.33. The normalized spacial score (nSPS) is 15.6. The Bertz CT molecular complexity index is 1370. The molecule has 1 aliphatic rings. The summed E-state index contributed by atoms with van der Waals surface area (Å²) in [4.78, 5) is 31.7. The number of aliphatic imine (C=N–C) groups is 1. The van der Waals surface area contributed by atoms with Crippen molar-refractivity contribution < 1.29 is 19.1 Å². The van der Waals surface area contributed by atoms with Crippen molar-refractivity contribution in [3.8, 4) is 5.75 Å². The minimum Gasteiger partial charge on any atom is -0.488 e. The number of hydrogen-bond donors (Lipinski definition) is 0. The molecular weight excluding hydrogens is 519 g/mol.